The van der Waals surface area contributed by atoms with E-state index >= 15 is 0 Å². The molecule has 0 aliphatic heterocycles. The Bertz CT molecular complexity index is 245. The fraction of sp³-hybridized carbons (Fsp3) is 0.917. The van der Waals surface area contributed by atoms with Crippen LogP contribution >= 0.6 is 0 Å². The molecule has 0 bridgehead atoms. The molecule has 0 spiro atoms. The molecule has 2 unspecified atom stereocenters. The molecule has 0 aromatic heterocycles. The number of carbonyl (C=O) groups excluding carboxylic acids is 1. The molecule has 4 heteroatoms. The van der Waals surface area contributed by atoms with E-state index in [0.717, 1.165) is 6.42 Å². The molecule has 0 radical (unpaired) electrons. The highest BCUT2D eigenvalue weighted by molar-refractivity contribution is 5.65. The van der Waals surface area contributed by atoms with Crippen LogP contribution in [-0.2, 0) is 19.0 Å². The third-order valence-electron chi connectivity index (χ3n) is 3.73. The Morgan fingerprint density at radius 3 is 2.25 bits per heavy atom. The van der Waals surface area contributed by atoms with E-state index in [9.17, 15) is 4.79 Å². The van der Waals surface area contributed by atoms with Crippen LogP contribution in [-0.4, -0.2) is 33.1 Å². The molecule has 0 heterocycles. The molecule has 1 fully saturated rings. The maximum absolute atomic E-state index is 10.8. The van der Waals surface area contributed by atoms with Crippen LogP contribution in [0.1, 0.15) is 27.2 Å². The van der Waals surface area contributed by atoms with Gasteiger partial charge in [-0.05, 0) is 11.3 Å². The van der Waals surface area contributed by atoms with E-state index in [1.807, 2.05) is 0 Å². The molecule has 4 nitrogen and oxygen atoms in total. The van der Waals surface area contributed by atoms with Crippen LogP contribution in [0.3, 0.4) is 0 Å². The van der Waals surface area contributed by atoms with Crippen molar-refractivity contribution < 1.29 is 19.0 Å². The van der Waals surface area contributed by atoms with Gasteiger partial charge >= 0.3 is 5.97 Å². The number of methoxy groups -OCH3 is 2. The Morgan fingerprint density at radius 2 is 1.81 bits per heavy atom. The number of hydrogen-bond acceptors (Lipinski definition) is 4. The van der Waals surface area contributed by atoms with Crippen molar-refractivity contribution in [3.8, 4) is 0 Å². The molecule has 94 valence electrons. The molecule has 0 aromatic carbocycles. The summed E-state index contributed by atoms with van der Waals surface area (Å²) in [6.07, 6.45) is 0.693. The summed E-state index contributed by atoms with van der Waals surface area (Å²) in [5.41, 5.74) is 0.213. The smallest absolute Gasteiger partial charge is 0.302 e. The van der Waals surface area contributed by atoms with E-state index < -0.39 is 0 Å². The maximum atomic E-state index is 10.8. The Hall–Kier alpha value is -0.610. The lowest BCUT2D eigenvalue weighted by molar-refractivity contribution is -0.141. The number of carbonyl (C=O) groups is 1. The second-order valence-electron chi connectivity index (χ2n) is 4.97. The van der Waals surface area contributed by atoms with Crippen molar-refractivity contribution in [3.63, 3.8) is 0 Å². The van der Waals surface area contributed by atoms with Crippen LogP contribution in [0.5, 0.6) is 0 Å². The summed E-state index contributed by atoms with van der Waals surface area (Å²) in [6.45, 7) is 6.33. The van der Waals surface area contributed by atoms with Gasteiger partial charge in [0.1, 0.15) is 0 Å². The zero-order chi connectivity index (χ0) is 12.3. The first-order valence-electron chi connectivity index (χ1n) is 5.62. The number of esters is 1. The first kappa shape index (κ1) is 13.5. The number of hydrogen-bond donors (Lipinski definition) is 0. The molecule has 1 aliphatic carbocycles. The average molecular weight is 230 g/mol. The van der Waals surface area contributed by atoms with Gasteiger partial charge in [-0.3, -0.25) is 4.79 Å². The summed E-state index contributed by atoms with van der Waals surface area (Å²) in [4.78, 5) is 10.8. The van der Waals surface area contributed by atoms with E-state index in [1.54, 1.807) is 14.2 Å². The SMILES string of the molecule is COC(CC1C(COC(C)=O)C1(C)C)OC. The minimum atomic E-state index is -0.212. The lowest BCUT2D eigenvalue weighted by Crippen LogP contribution is -2.15. The lowest BCUT2D eigenvalue weighted by atomic mass is 10.1. The van der Waals surface area contributed by atoms with Crippen LogP contribution in [0.4, 0.5) is 0 Å². The molecule has 0 N–H and O–H groups in total. The van der Waals surface area contributed by atoms with Gasteiger partial charge in [0.15, 0.2) is 6.29 Å². The number of ether oxygens (including phenoxy) is 3. The monoisotopic (exact) mass is 230 g/mol. The molecule has 0 saturated heterocycles. The summed E-state index contributed by atoms with van der Waals surface area (Å²) in [6, 6.07) is 0. The average Bonchev–Trinajstić information content (AvgIpc) is 2.73. The Labute approximate surface area is 97.2 Å². The van der Waals surface area contributed by atoms with Crippen molar-refractivity contribution in [2.45, 2.75) is 33.5 Å². The van der Waals surface area contributed by atoms with E-state index in [0.29, 0.717) is 18.4 Å². The fourth-order valence-corrected chi connectivity index (χ4v) is 2.36. The molecule has 0 aromatic rings. The molecular weight excluding hydrogens is 208 g/mol. The van der Waals surface area contributed by atoms with Gasteiger partial charge in [0.05, 0.1) is 6.61 Å². The standard InChI is InChI=1S/C12H22O4/c1-8(13)16-7-10-9(12(10,2)3)6-11(14-4)15-5/h9-11H,6-7H2,1-5H3. The van der Waals surface area contributed by atoms with Crippen molar-refractivity contribution in [2.75, 3.05) is 20.8 Å². The van der Waals surface area contributed by atoms with Crippen LogP contribution < -0.4 is 0 Å². The van der Waals surface area contributed by atoms with E-state index in [-0.39, 0.29) is 17.7 Å². The van der Waals surface area contributed by atoms with Gasteiger partial charge in [-0.25, -0.2) is 0 Å². The van der Waals surface area contributed by atoms with E-state index in [4.69, 9.17) is 14.2 Å². The van der Waals surface area contributed by atoms with Crippen LogP contribution in [0.15, 0.2) is 0 Å². The predicted molar refractivity (Wildman–Crippen MR) is 59.8 cm³/mol. The largest absolute Gasteiger partial charge is 0.466 e. The van der Waals surface area contributed by atoms with Crippen LogP contribution in [0.2, 0.25) is 0 Å². The maximum Gasteiger partial charge on any atom is 0.302 e. The number of rotatable bonds is 6. The van der Waals surface area contributed by atoms with Gasteiger partial charge in [0, 0.05) is 33.5 Å². The third-order valence-corrected chi connectivity index (χ3v) is 3.73. The molecule has 0 amide bonds. The van der Waals surface area contributed by atoms with E-state index in [2.05, 4.69) is 13.8 Å². The van der Waals surface area contributed by atoms with Gasteiger partial charge in [-0.1, -0.05) is 13.8 Å². The Balaban J connectivity index is 2.40. The van der Waals surface area contributed by atoms with Gasteiger partial charge in [0.25, 0.3) is 0 Å². The predicted octanol–water partition coefficient (Wildman–Crippen LogP) is 1.83. The first-order chi connectivity index (χ1) is 7.43. The molecule has 1 rings (SSSR count). The summed E-state index contributed by atoms with van der Waals surface area (Å²) >= 11 is 0. The quantitative estimate of drug-likeness (QED) is 0.516. The topological polar surface area (TPSA) is 44.8 Å². The van der Waals surface area contributed by atoms with Crippen LogP contribution in [0, 0.1) is 17.3 Å². The van der Waals surface area contributed by atoms with Crippen molar-refractivity contribution in [3.05, 3.63) is 0 Å². The summed E-state index contributed by atoms with van der Waals surface area (Å²) in [5, 5.41) is 0. The Kier molecular flexibility index (Phi) is 4.33. The highest BCUT2D eigenvalue weighted by Crippen LogP contribution is 2.60. The minimum Gasteiger partial charge on any atom is -0.466 e. The minimum absolute atomic E-state index is 0.161. The van der Waals surface area contributed by atoms with Crippen molar-refractivity contribution in [1.29, 1.82) is 0 Å². The Morgan fingerprint density at radius 1 is 1.25 bits per heavy atom. The first-order valence-corrected chi connectivity index (χ1v) is 5.62. The van der Waals surface area contributed by atoms with Gasteiger partial charge in [0.2, 0.25) is 0 Å². The highest BCUT2D eigenvalue weighted by atomic mass is 16.7. The summed E-state index contributed by atoms with van der Waals surface area (Å²) < 4.78 is 15.4. The third kappa shape index (κ3) is 2.95. The highest BCUT2D eigenvalue weighted by Gasteiger charge is 2.58. The van der Waals surface area contributed by atoms with Crippen molar-refractivity contribution in [2.24, 2.45) is 17.3 Å². The zero-order valence-corrected chi connectivity index (χ0v) is 10.8. The summed E-state index contributed by atoms with van der Waals surface area (Å²) in [7, 11) is 3.29. The second kappa shape index (κ2) is 5.15. The summed E-state index contributed by atoms with van der Waals surface area (Å²) in [5.74, 6) is 0.706. The van der Waals surface area contributed by atoms with Gasteiger partial charge in [-0.15, -0.1) is 0 Å². The molecule has 16 heavy (non-hydrogen) atoms. The second-order valence-corrected chi connectivity index (χ2v) is 4.97. The van der Waals surface area contributed by atoms with Crippen molar-refractivity contribution in [1.82, 2.24) is 0 Å². The molecular formula is C12H22O4. The fourth-order valence-electron chi connectivity index (χ4n) is 2.36. The van der Waals surface area contributed by atoms with Gasteiger partial charge < -0.3 is 14.2 Å². The lowest BCUT2D eigenvalue weighted by Gasteiger charge is -2.13. The van der Waals surface area contributed by atoms with Gasteiger partial charge in [-0.2, -0.15) is 0 Å². The molecule has 1 saturated carbocycles. The zero-order valence-electron chi connectivity index (χ0n) is 10.8. The normalized spacial score (nSPS) is 26.9. The van der Waals surface area contributed by atoms with E-state index in [1.165, 1.54) is 6.92 Å². The van der Waals surface area contributed by atoms with Crippen LogP contribution in [0.25, 0.3) is 0 Å². The van der Waals surface area contributed by atoms with Crippen molar-refractivity contribution >= 4 is 5.97 Å². The molecule has 2 atom stereocenters. The molecule has 1 aliphatic rings.